The van der Waals surface area contributed by atoms with Gasteiger partial charge < -0.3 is 44.7 Å². The van der Waals surface area contributed by atoms with Crippen molar-refractivity contribution in [2.24, 2.45) is 17.3 Å². The summed E-state index contributed by atoms with van der Waals surface area (Å²) in [5.41, 5.74) is 7.25. The molecule has 1 fully saturated rings. The number of aliphatic hydroxyl groups excluding tert-OH is 1. The molecule has 1 saturated carbocycles. The molecule has 9 rings (SSSR count). The lowest BCUT2D eigenvalue weighted by molar-refractivity contribution is -0.166. The van der Waals surface area contributed by atoms with Gasteiger partial charge in [-0.3, -0.25) is 9.59 Å². The van der Waals surface area contributed by atoms with Crippen LogP contribution in [0.1, 0.15) is 77.0 Å². The Morgan fingerprint density at radius 2 is 1.56 bits per heavy atom. The zero-order valence-electron chi connectivity index (χ0n) is 38.9. The number of carbonyl (C=O) groups excluding carboxylic acids is 2. The lowest BCUT2D eigenvalue weighted by Crippen LogP contribution is -2.56. The summed E-state index contributed by atoms with van der Waals surface area (Å²) in [4.78, 5) is 27.8. The van der Waals surface area contributed by atoms with Crippen LogP contribution < -0.4 is 14.8 Å². The minimum Gasteiger partial charge on any atom is -0.508 e. The second-order valence-corrected chi connectivity index (χ2v) is 18.7. The smallest absolute Gasteiger partial charge is 0.310 e. The fourth-order valence-electron chi connectivity index (χ4n) is 12.0. The number of hydrogen-bond acceptors (Lipinski definition) is 11. The van der Waals surface area contributed by atoms with E-state index in [-0.39, 0.29) is 48.5 Å². The van der Waals surface area contributed by atoms with Gasteiger partial charge in [0.2, 0.25) is 0 Å². The van der Waals surface area contributed by atoms with Crippen molar-refractivity contribution in [1.29, 1.82) is 0 Å². The first-order valence-electron chi connectivity index (χ1n) is 23.4. The number of aliphatic hydroxyl groups is 1. The van der Waals surface area contributed by atoms with Crippen LogP contribution in [0, 0.1) is 17.3 Å². The van der Waals surface area contributed by atoms with Gasteiger partial charge in [-0.2, -0.15) is 0 Å². The van der Waals surface area contributed by atoms with Crippen LogP contribution in [-0.2, 0) is 44.9 Å². The summed E-state index contributed by atoms with van der Waals surface area (Å²) in [7, 11) is 4.92. The van der Waals surface area contributed by atoms with Crippen molar-refractivity contribution >= 4 is 28.8 Å². The third-order valence-corrected chi connectivity index (χ3v) is 14.8. The molecule has 6 aromatic rings. The van der Waals surface area contributed by atoms with Crippen LogP contribution in [0.5, 0.6) is 28.7 Å². The van der Waals surface area contributed by atoms with Crippen LogP contribution >= 0.6 is 0 Å². The zero-order chi connectivity index (χ0) is 47.7. The number of nitrogens with one attached hydrogen (secondary N) is 1. The summed E-state index contributed by atoms with van der Waals surface area (Å²) in [6.45, 7) is 1.81. The molecule has 0 heterocycles. The molecule has 6 aromatic carbocycles. The first kappa shape index (κ1) is 46.3. The Hall–Kier alpha value is -6.82. The van der Waals surface area contributed by atoms with E-state index < -0.39 is 41.4 Å². The summed E-state index contributed by atoms with van der Waals surface area (Å²) < 4.78 is 24.4. The van der Waals surface area contributed by atoms with E-state index >= 15 is 0 Å². The van der Waals surface area contributed by atoms with Gasteiger partial charge >= 0.3 is 11.9 Å². The SMILES string of the molecule is CNCc1cccc(-c2cc(O)cc3ccc(CC(=O)OC4CC(OC(C)=O)C5Cc6cc(OC)c(O)cc6C(CO)C5(C=Cc5ccccc5)C5CCc6cc(O)c(OC)cc6C5C4)cc23)c1. The van der Waals surface area contributed by atoms with E-state index in [4.69, 9.17) is 18.9 Å². The van der Waals surface area contributed by atoms with Gasteiger partial charge in [-0.15, -0.1) is 0 Å². The monoisotopic (exact) mass is 917 g/mol. The van der Waals surface area contributed by atoms with E-state index in [9.17, 15) is 30.0 Å². The Labute approximate surface area is 397 Å². The van der Waals surface area contributed by atoms with Crippen LogP contribution in [0.25, 0.3) is 28.0 Å². The van der Waals surface area contributed by atoms with E-state index in [1.54, 1.807) is 24.3 Å². The first-order chi connectivity index (χ1) is 32.9. The summed E-state index contributed by atoms with van der Waals surface area (Å²) in [5.74, 6) is -1.68. The Morgan fingerprint density at radius 1 is 0.779 bits per heavy atom. The van der Waals surface area contributed by atoms with E-state index in [1.807, 2.05) is 85.9 Å². The fourth-order valence-corrected chi connectivity index (χ4v) is 12.0. The van der Waals surface area contributed by atoms with Crippen molar-refractivity contribution in [3.8, 4) is 39.9 Å². The van der Waals surface area contributed by atoms with Crippen LogP contribution in [0.2, 0.25) is 0 Å². The number of methoxy groups -OCH3 is 2. The minimum atomic E-state index is -0.884. The Morgan fingerprint density at radius 3 is 2.31 bits per heavy atom. The van der Waals surface area contributed by atoms with Gasteiger partial charge in [0.05, 0.1) is 27.2 Å². The maximum Gasteiger partial charge on any atom is 0.310 e. The van der Waals surface area contributed by atoms with Crippen LogP contribution in [0.15, 0.2) is 115 Å². The lowest BCUT2D eigenvalue weighted by Gasteiger charge is -2.59. The van der Waals surface area contributed by atoms with Gasteiger partial charge in [-0.25, -0.2) is 0 Å². The van der Waals surface area contributed by atoms with E-state index in [2.05, 4.69) is 23.5 Å². The van der Waals surface area contributed by atoms with Gasteiger partial charge in [-0.05, 0) is 154 Å². The van der Waals surface area contributed by atoms with Crippen molar-refractivity contribution in [1.82, 2.24) is 5.32 Å². The molecule has 5 N–H and O–H groups in total. The normalized spacial score (nSPS) is 23.0. The van der Waals surface area contributed by atoms with Crippen LogP contribution in [-0.4, -0.2) is 72.4 Å². The summed E-state index contributed by atoms with van der Waals surface area (Å²) in [5, 5.41) is 49.8. The highest BCUT2D eigenvalue weighted by molar-refractivity contribution is 5.98. The van der Waals surface area contributed by atoms with E-state index in [0.717, 1.165) is 60.8 Å². The molecule has 0 amide bonds. The second kappa shape index (κ2) is 19.4. The van der Waals surface area contributed by atoms with E-state index in [1.165, 1.54) is 21.1 Å². The minimum absolute atomic E-state index is 0.0341. The molecule has 0 saturated heterocycles. The maximum atomic E-state index is 14.5. The Balaban J connectivity index is 1.16. The third kappa shape index (κ3) is 8.88. The van der Waals surface area contributed by atoms with Crippen molar-refractivity contribution in [2.45, 2.75) is 76.0 Å². The number of hydrogen-bond donors (Lipinski definition) is 5. The zero-order valence-corrected chi connectivity index (χ0v) is 38.9. The predicted octanol–water partition coefficient (Wildman–Crippen LogP) is 9.53. The van der Waals surface area contributed by atoms with Gasteiger partial charge in [-0.1, -0.05) is 72.8 Å². The highest BCUT2D eigenvalue weighted by Gasteiger charge is 2.60. The molecule has 0 bridgehead atoms. The predicted molar refractivity (Wildman–Crippen MR) is 261 cm³/mol. The molecule has 7 unspecified atom stereocenters. The molecule has 68 heavy (non-hydrogen) atoms. The average Bonchev–Trinajstić information content (AvgIpc) is 3.32. The van der Waals surface area contributed by atoms with Crippen LogP contribution in [0.3, 0.4) is 0 Å². The van der Waals surface area contributed by atoms with Gasteiger partial charge in [0.1, 0.15) is 18.0 Å². The average molecular weight is 918 g/mol. The topological polar surface area (TPSA) is 164 Å². The number of rotatable bonds is 12. The number of fused-ring (bicyclic) bond motifs is 7. The number of ether oxygens (including phenoxy) is 4. The Bertz CT molecular complexity index is 2880. The molecule has 3 aliphatic carbocycles. The molecule has 7 atom stereocenters. The van der Waals surface area contributed by atoms with Gasteiger partial charge in [0.15, 0.2) is 23.0 Å². The number of benzene rings is 6. The number of aromatic hydroxyl groups is 3. The highest BCUT2D eigenvalue weighted by Crippen LogP contribution is 2.64. The number of aryl methyl sites for hydroxylation is 1. The number of phenols is 3. The second-order valence-electron chi connectivity index (χ2n) is 18.7. The summed E-state index contributed by atoms with van der Waals surface area (Å²) in [6.07, 6.45) is 4.96. The molecule has 0 aliphatic heterocycles. The molecular weight excluding hydrogens is 859 g/mol. The number of allylic oxidation sites excluding steroid dienone is 1. The third-order valence-electron chi connectivity index (χ3n) is 14.8. The van der Waals surface area contributed by atoms with Crippen molar-refractivity contribution < 1.29 is 49.0 Å². The van der Waals surface area contributed by atoms with Gasteiger partial charge in [0, 0.05) is 37.1 Å². The molecule has 0 radical (unpaired) electrons. The lowest BCUT2D eigenvalue weighted by atomic mass is 9.46. The van der Waals surface area contributed by atoms with Crippen molar-refractivity contribution in [3.05, 3.63) is 154 Å². The highest BCUT2D eigenvalue weighted by atomic mass is 16.6. The number of carbonyl (C=O) groups is 2. The summed E-state index contributed by atoms with van der Waals surface area (Å²) in [6, 6.07) is 34.5. The summed E-state index contributed by atoms with van der Waals surface area (Å²) >= 11 is 0. The molecule has 11 heteroatoms. The molecular formula is C57H59NO10. The van der Waals surface area contributed by atoms with Crippen molar-refractivity contribution in [3.63, 3.8) is 0 Å². The van der Waals surface area contributed by atoms with Crippen LogP contribution in [0.4, 0.5) is 0 Å². The molecule has 3 aliphatic rings. The number of esters is 2. The standard InChI is InChI=1S/C57H59NO10/c1-33(60)67-53-28-42(68-56(64)21-35-13-14-38-22-41(61)26-44(43(38)20-35)37-12-8-11-36(19-37)31-58-2)27-47-45-30-55(66-4)51(62)24-39(45)15-16-48(47)57(18-17-34-9-6-5-7-10-34)49(53)23-40-25-54(65-3)52(63)29-46(40)50(57)32-59/h5-14,17-20,22,24-26,29-30,42,47-50,53,58-59,61-63H,15-16,21,23,27-28,31-32H2,1-4H3. The molecule has 0 aromatic heterocycles. The maximum absolute atomic E-state index is 14.5. The van der Waals surface area contributed by atoms with E-state index in [0.29, 0.717) is 43.7 Å². The first-order valence-corrected chi connectivity index (χ1v) is 23.4. The quantitative estimate of drug-likeness (QED) is 0.0743. The number of phenolic OH excluding ortho intramolecular Hbond substituents is 3. The fraction of sp³-hybridized carbons (Fsp3) is 0.333. The molecule has 0 spiro atoms. The molecule has 11 nitrogen and oxygen atoms in total. The Kier molecular flexibility index (Phi) is 13.2. The largest absolute Gasteiger partial charge is 0.508 e. The van der Waals surface area contributed by atoms with Gasteiger partial charge in [0.25, 0.3) is 0 Å². The van der Waals surface area contributed by atoms with Crippen molar-refractivity contribution in [2.75, 3.05) is 27.9 Å². The molecule has 352 valence electrons.